The molecule has 0 aliphatic heterocycles. The average Bonchev–Trinajstić information content (AvgIpc) is 2.64. The van der Waals surface area contributed by atoms with Gasteiger partial charge in [-0.2, -0.15) is 0 Å². The van der Waals surface area contributed by atoms with E-state index in [-0.39, 0.29) is 6.61 Å². The van der Waals surface area contributed by atoms with E-state index in [1.165, 1.54) is 45.4 Å². The molecule has 0 aliphatic rings. The van der Waals surface area contributed by atoms with Crippen molar-refractivity contribution in [1.29, 1.82) is 0 Å². The van der Waals surface area contributed by atoms with Gasteiger partial charge in [-0.05, 0) is 26.7 Å². The van der Waals surface area contributed by atoms with Crippen LogP contribution in [0.2, 0.25) is 0 Å². The van der Waals surface area contributed by atoms with Crippen molar-refractivity contribution in [1.82, 2.24) is 0 Å². The molecule has 0 aromatic rings. The van der Waals surface area contributed by atoms with Crippen LogP contribution in [-0.4, -0.2) is 28.0 Å². The van der Waals surface area contributed by atoms with Gasteiger partial charge in [0, 0.05) is 0 Å². The molecule has 0 aliphatic carbocycles. The first-order valence-electron chi connectivity index (χ1n) is 11.5. The van der Waals surface area contributed by atoms with E-state index in [4.69, 9.17) is 4.74 Å². The summed E-state index contributed by atoms with van der Waals surface area (Å²) in [5.41, 5.74) is -2.09. The van der Waals surface area contributed by atoms with Crippen LogP contribution in [0.15, 0.2) is 0 Å². The van der Waals surface area contributed by atoms with Crippen molar-refractivity contribution >= 4 is 13.6 Å². The maximum atomic E-state index is 12.9. The Morgan fingerprint density at radius 3 is 1.57 bits per heavy atom. The van der Waals surface area contributed by atoms with Crippen molar-refractivity contribution < 1.29 is 23.9 Å². The highest BCUT2D eigenvalue weighted by molar-refractivity contribution is 7.52. The molecule has 0 saturated carbocycles. The van der Waals surface area contributed by atoms with Crippen molar-refractivity contribution in [3.05, 3.63) is 0 Å². The van der Waals surface area contributed by atoms with Crippen molar-refractivity contribution in [3.63, 3.8) is 0 Å². The number of hydrogen-bond acceptors (Lipinski definition) is 3. The lowest BCUT2D eigenvalue weighted by molar-refractivity contribution is -0.157. The van der Waals surface area contributed by atoms with Crippen LogP contribution in [0.5, 0.6) is 0 Å². The lowest BCUT2D eigenvalue weighted by Crippen LogP contribution is -2.42. The number of hydrogen-bond donors (Lipinski definition) is 2. The monoisotopic (exact) mass is 420 g/mol. The zero-order valence-corrected chi connectivity index (χ0v) is 19.6. The number of carbonyl (C=O) groups is 1. The minimum absolute atomic E-state index is 0.238. The van der Waals surface area contributed by atoms with Crippen LogP contribution < -0.4 is 0 Å². The molecule has 0 fully saturated rings. The smallest absolute Gasteiger partial charge is 0.329 e. The molecule has 0 radical (unpaired) electrons. The fourth-order valence-electron chi connectivity index (χ4n) is 3.96. The second-order valence-electron chi connectivity index (χ2n) is 8.18. The molecule has 6 heteroatoms. The third-order valence-electron chi connectivity index (χ3n) is 5.94. The van der Waals surface area contributed by atoms with Crippen LogP contribution in [0.1, 0.15) is 118 Å². The van der Waals surface area contributed by atoms with Crippen molar-refractivity contribution in [3.8, 4) is 0 Å². The van der Waals surface area contributed by atoms with Crippen LogP contribution in [0.3, 0.4) is 0 Å². The van der Waals surface area contributed by atoms with Crippen LogP contribution in [0.25, 0.3) is 0 Å². The van der Waals surface area contributed by atoms with Gasteiger partial charge in [0.2, 0.25) is 0 Å². The highest BCUT2D eigenvalue weighted by atomic mass is 31.2. The Balaban J connectivity index is 5.16. The molecule has 1 atom stereocenters. The first-order chi connectivity index (χ1) is 13.3. The fourth-order valence-corrected chi connectivity index (χ4v) is 4.96. The van der Waals surface area contributed by atoms with E-state index in [0.717, 1.165) is 38.5 Å². The maximum Gasteiger partial charge on any atom is 0.329 e. The van der Waals surface area contributed by atoms with Gasteiger partial charge in [-0.1, -0.05) is 90.9 Å². The predicted molar refractivity (Wildman–Crippen MR) is 117 cm³/mol. The Bertz CT molecular complexity index is 430. The molecular weight excluding hydrogens is 375 g/mol. The van der Waals surface area contributed by atoms with E-state index in [0.29, 0.717) is 12.8 Å². The quantitative estimate of drug-likeness (QED) is 0.148. The predicted octanol–water partition coefficient (Wildman–Crippen LogP) is 6.60. The van der Waals surface area contributed by atoms with Gasteiger partial charge in [-0.25, -0.2) is 0 Å². The Labute approximate surface area is 173 Å². The molecule has 1 unspecified atom stereocenters. The van der Waals surface area contributed by atoms with E-state index in [1.807, 2.05) is 0 Å². The minimum Gasteiger partial charge on any atom is -0.466 e. The number of rotatable bonds is 18. The van der Waals surface area contributed by atoms with Gasteiger partial charge < -0.3 is 14.5 Å². The Hall–Kier alpha value is -0.380. The van der Waals surface area contributed by atoms with E-state index in [2.05, 4.69) is 13.8 Å². The average molecular weight is 421 g/mol. The summed E-state index contributed by atoms with van der Waals surface area (Å²) in [4.78, 5) is 32.7. The SMILES string of the molecule is CCCCCCCCC(CCCCCCCC)(C(=O)OCC)C(C)P(=O)(O)O. The fraction of sp³-hybridized carbons (Fsp3) is 0.955. The van der Waals surface area contributed by atoms with Crippen molar-refractivity contribution in [2.24, 2.45) is 5.41 Å². The van der Waals surface area contributed by atoms with E-state index in [9.17, 15) is 19.1 Å². The third-order valence-corrected chi connectivity index (χ3v) is 7.44. The van der Waals surface area contributed by atoms with Crippen LogP contribution in [0.4, 0.5) is 0 Å². The molecule has 168 valence electrons. The summed E-state index contributed by atoms with van der Waals surface area (Å²) >= 11 is 0. The largest absolute Gasteiger partial charge is 0.466 e. The number of esters is 1. The Kier molecular flexibility index (Phi) is 15.2. The van der Waals surface area contributed by atoms with E-state index in [1.54, 1.807) is 6.92 Å². The number of unbranched alkanes of at least 4 members (excludes halogenated alkanes) is 10. The standard InChI is InChI=1S/C22H45O5P/c1-5-8-10-12-14-16-18-22(21(23)27-7-3,20(4)28(24,25)26)19-17-15-13-11-9-6-2/h20H,5-19H2,1-4H3,(H2,24,25,26). The topological polar surface area (TPSA) is 83.8 Å². The second-order valence-corrected chi connectivity index (χ2v) is 10.1. The van der Waals surface area contributed by atoms with Gasteiger partial charge in [0.1, 0.15) is 0 Å². The first-order valence-corrected chi connectivity index (χ1v) is 13.2. The van der Waals surface area contributed by atoms with Crippen molar-refractivity contribution in [2.75, 3.05) is 6.61 Å². The Morgan fingerprint density at radius 1 is 0.821 bits per heavy atom. The van der Waals surface area contributed by atoms with Crippen molar-refractivity contribution in [2.45, 2.75) is 123 Å². The van der Waals surface area contributed by atoms with E-state index < -0.39 is 24.6 Å². The molecule has 0 bridgehead atoms. The Morgan fingerprint density at radius 2 is 1.21 bits per heavy atom. The minimum atomic E-state index is -4.39. The molecule has 0 heterocycles. The lowest BCUT2D eigenvalue weighted by Gasteiger charge is -2.37. The molecule has 0 amide bonds. The van der Waals surface area contributed by atoms with Gasteiger partial charge in [0.05, 0.1) is 17.7 Å². The van der Waals surface area contributed by atoms with Crippen LogP contribution >= 0.6 is 7.60 Å². The normalized spacial score (nSPS) is 13.5. The lowest BCUT2D eigenvalue weighted by atomic mass is 9.75. The second kappa shape index (κ2) is 15.5. The zero-order valence-electron chi connectivity index (χ0n) is 18.8. The maximum absolute atomic E-state index is 12.9. The molecule has 0 saturated heterocycles. The molecule has 0 aromatic heterocycles. The highest BCUT2D eigenvalue weighted by Gasteiger charge is 2.50. The highest BCUT2D eigenvalue weighted by Crippen LogP contribution is 2.54. The zero-order chi connectivity index (χ0) is 21.5. The molecule has 2 N–H and O–H groups in total. The molecule has 0 aromatic carbocycles. The molecule has 0 spiro atoms. The summed E-state index contributed by atoms with van der Waals surface area (Å²) in [6.45, 7) is 7.87. The number of ether oxygens (including phenoxy) is 1. The van der Waals surface area contributed by atoms with Crippen LogP contribution in [0, 0.1) is 5.41 Å². The van der Waals surface area contributed by atoms with Gasteiger partial charge in [-0.15, -0.1) is 0 Å². The van der Waals surface area contributed by atoms with E-state index >= 15 is 0 Å². The molecule has 28 heavy (non-hydrogen) atoms. The number of carbonyl (C=O) groups excluding carboxylic acids is 1. The van der Waals surface area contributed by atoms with Gasteiger partial charge in [-0.3, -0.25) is 9.36 Å². The summed E-state index contributed by atoms with van der Waals surface area (Å²) in [6, 6.07) is 0. The molecule has 0 rings (SSSR count). The summed E-state index contributed by atoms with van der Waals surface area (Å²) in [7, 11) is -4.39. The molecule has 5 nitrogen and oxygen atoms in total. The van der Waals surface area contributed by atoms with Crippen LogP contribution in [-0.2, 0) is 14.1 Å². The molecular formula is C22H45O5P. The van der Waals surface area contributed by atoms with Gasteiger partial charge in [0.15, 0.2) is 0 Å². The first kappa shape index (κ1) is 27.6. The summed E-state index contributed by atoms with van der Waals surface area (Å²) in [5, 5.41) is 0. The van der Waals surface area contributed by atoms with Gasteiger partial charge >= 0.3 is 13.6 Å². The summed E-state index contributed by atoms with van der Waals surface area (Å²) in [5.74, 6) is -0.423. The summed E-state index contributed by atoms with van der Waals surface area (Å²) in [6.07, 6.45) is 13.9. The third kappa shape index (κ3) is 10.4. The van der Waals surface area contributed by atoms with Gasteiger partial charge in [0.25, 0.3) is 0 Å². The summed E-state index contributed by atoms with van der Waals surface area (Å²) < 4.78 is 17.5.